The van der Waals surface area contributed by atoms with Crippen molar-refractivity contribution in [2.45, 2.75) is 4.90 Å². The number of amides is 2. The number of ether oxygens (including phenoxy) is 1. The molecule has 1 aromatic carbocycles. The highest BCUT2D eigenvalue weighted by molar-refractivity contribution is 8.18. The van der Waals surface area contributed by atoms with E-state index in [4.69, 9.17) is 20.8 Å². The first kappa shape index (κ1) is 22.1. The molecule has 2 amide bonds. The van der Waals surface area contributed by atoms with E-state index in [0.29, 0.717) is 41.1 Å². The lowest BCUT2D eigenvalue weighted by atomic mass is 10.1. The van der Waals surface area contributed by atoms with Gasteiger partial charge in [0.15, 0.2) is 0 Å². The number of hydrogen-bond acceptors (Lipinski definition) is 8. The molecule has 2 aliphatic rings. The first-order chi connectivity index (χ1) is 15.8. The summed E-state index contributed by atoms with van der Waals surface area (Å²) >= 11 is 7.30. The largest absolute Gasteiger partial charge is 0.456 e. The molecule has 170 valence electrons. The van der Waals surface area contributed by atoms with E-state index in [1.54, 1.807) is 24.5 Å². The number of halogens is 1. The number of benzene rings is 1. The Bertz CT molecular complexity index is 1430. The molecule has 2 fully saturated rings. The van der Waals surface area contributed by atoms with Crippen molar-refractivity contribution in [3.8, 4) is 11.1 Å². The molecule has 3 aromatic rings. The fraction of sp³-hybridized carbons (Fsp3) is 0.190. The molecule has 0 atom stereocenters. The van der Waals surface area contributed by atoms with Crippen molar-refractivity contribution in [3.63, 3.8) is 0 Å². The van der Waals surface area contributed by atoms with Crippen molar-refractivity contribution < 1.29 is 27.2 Å². The number of imide groups is 1. The van der Waals surface area contributed by atoms with Crippen molar-refractivity contribution >= 4 is 61.6 Å². The molecule has 0 unspecified atom stereocenters. The van der Waals surface area contributed by atoms with Gasteiger partial charge in [-0.05, 0) is 30.0 Å². The monoisotopic (exact) mass is 505 g/mol. The van der Waals surface area contributed by atoms with E-state index in [0.717, 1.165) is 11.8 Å². The molecule has 0 spiro atoms. The Hall–Kier alpha value is -2.70. The van der Waals surface area contributed by atoms with Gasteiger partial charge >= 0.3 is 0 Å². The number of hydrogen-bond donors (Lipinski definition) is 1. The maximum Gasteiger partial charge on any atom is 0.290 e. The third-order valence-electron chi connectivity index (χ3n) is 5.20. The summed E-state index contributed by atoms with van der Waals surface area (Å²) in [7, 11) is -3.69. The second-order valence-corrected chi connectivity index (χ2v) is 10.6. The van der Waals surface area contributed by atoms with Crippen LogP contribution in [0.5, 0.6) is 0 Å². The molecular weight excluding hydrogens is 490 g/mol. The number of aromatic nitrogens is 1. The molecule has 2 aliphatic heterocycles. The fourth-order valence-electron chi connectivity index (χ4n) is 3.61. The number of carbonyl (C=O) groups is 2. The van der Waals surface area contributed by atoms with Gasteiger partial charge in [-0.2, -0.15) is 4.31 Å². The summed E-state index contributed by atoms with van der Waals surface area (Å²) in [6.45, 7) is 1.28. The average molecular weight is 506 g/mol. The standard InChI is InChI=1S/C21H16ClN3O6S2/c22-17-9-14(33(28,29)25-3-5-30-6-4-25)1-2-15(17)16-11-23-10-12-7-13(31-19(12)16)8-18-20(26)24-21(27)32-18/h1-2,7-11H,3-6H2,(H,24,26,27)/b18-8+. The lowest BCUT2D eigenvalue weighted by Gasteiger charge is -2.26. The molecule has 0 radical (unpaired) electrons. The van der Waals surface area contributed by atoms with Gasteiger partial charge in [-0.3, -0.25) is 19.9 Å². The predicted molar refractivity (Wildman–Crippen MR) is 123 cm³/mol. The van der Waals surface area contributed by atoms with Crippen LogP contribution in [0.15, 0.2) is 50.9 Å². The zero-order chi connectivity index (χ0) is 23.2. The predicted octanol–water partition coefficient (Wildman–Crippen LogP) is 3.49. The molecule has 1 N–H and O–H groups in total. The summed E-state index contributed by atoms with van der Waals surface area (Å²) in [5.74, 6) is -0.113. The summed E-state index contributed by atoms with van der Waals surface area (Å²) in [6.07, 6.45) is 4.65. The molecule has 2 aromatic heterocycles. The number of pyridine rings is 1. The number of nitrogens with one attached hydrogen (secondary N) is 1. The summed E-state index contributed by atoms with van der Waals surface area (Å²) in [6, 6.07) is 6.23. The number of nitrogens with zero attached hydrogens (tertiary/aromatic N) is 2. The minimum absolute atomic E-state index is 0.0945. The van der Waals surface area contributed by atoms with Gasteiger partial charge < -0.3 is 9.15 Å². The Balaban J connectivity index is 1.52. The zero-order valence-corrected chi connectivity index (χ0v) is 19.3. The topological polar surface area (TPSA) is 119 Å². The van der Waals surface area contributed by atoms with Crippen molar-refractivity contribution in [3.05, 3.63) is 52.3 Å². The average Bonchev–Trinajstić information content (AvgIpc) is 3.35. The van der Waals surface area contributed by atoms with E-state index < -0.39 is 21.2 Å². The van der Waals surface area contributed by atoms with Gasteiger partial charge in [0.1, 0.15) is 11.3 Å². The second-order valence-electron chi connectivity index (χ2n) is 7.26. The van der Waals surface area contributed by atoms with Crippen LogP contribution in [0.3, 0.4) is 0 Å². The van der Waals surface area contributed by atoms with Crippen molar-refractivity contribution in [2.75, 3.05) is 26.3 Å². The van der Waals surface area contributed by atoms with Gasteiger partial charge in [-0.15, -0.1) is 0 Å². The third-order valence-corrected chi connectivity index (χ3v) is 8.21. The van der Waals surface area contributed by atoms with E-state index in [2.05, 4.69) is 10.3 Å². The minimum Gasteiger partial charge on any atom is -0.456 e. The fourth-order valence-corrected chi connectivity index (χ4v) is 6.05. The van der Waals surface area contributed by atoms with Crippen LogP contribution in [0, 0.1) is 0 Å². The first-order valence-corrected chi connectivity index (χ1v) is 12.5. The Morgan fingerprint density at radius 2 is 1.91 bits per heavy atom. The number of carbonyl (C=O) groups excluding carboxylic acids is 2. The molecule has 0 bridgehead atoms. The number of thioether (sulfide) groups is 1. The quantitative estimate of drug-likeness (QED) is 0.535. The van der Waals surface area contributed by atoms with Crippen LogP contribution in [0.4, 0.5) is 4.79 Å². The zero-order valence-electron chi connectivity index (χ0n) is 16.9. The smallest absolute Gasteiger partial charge is 0.290 e. The maximum absolute atomic E-state index is 12.9. The van der Waals surface area contributed by atoms with Crippen molar-refractivity contribution in [1.82, 2.24) is 14.6 Å². The summed E-state index contributed by atoms with van der Waals surface area (Å²) in [4.78, 5) is 27.7. The van der Waals surface area contributed by atoms with Crippen LogP contribution in [0.2, 0.25) is 5.02 Å². The lowest BCUT2D eigenvalue weighted by Crippen LogP contribution is -2.40. The minimum atomic E-state index is -3.69. The van der Waals surface area contributed by atoms with Crippen LogP contribution >= 0.6 is 23.4 Å². The van der Waals surface area contributed by atoms with E-state index in [1.807, 2.05) is 0 Å². The molecule has 12 heteroatoms. The molecule has 33 heavy (non-hydrogen) atoms. The Kier molecular flexibility index (Phi) is 5.75. The normalized spacial score (nSPS) is 18.9. The van der Waals surface area contributed by atoms with Gasteiger partial charge in [0.05, 0.1) is 23.0 Å². The van der Waals surface area contributed by atoms with Crippen LogP contribution in [-0.4, -0.2) is 55.2 Å². The summed E-state index contributed by atoms with van der Waals surface area (Å²) in [5, 5.41) is 2.64. The molecule has 5 rings (SSSR count). The molecule has 4 heterocycles. The molecule has 0 saturated carbocycles. The number of fused-ring (bicyclic) bond motifs is 1. The number of rotatable bonds is 4. The Labute approximate surface area is 197 Å². The van der Waals surface area contributed by atoms with Gasteiger partial charge in [0, 0.05) is 53.1 Å². The summed E-state index contributed by atoms with van der Waals surface area (Å²) in [5.41, 5.74) is 1.58. The molecule has 0 aliphatic carbocycles. The van der Waals surface area contributed by atoms with Crippen molar-refractivity contribution in [1.29, 1.82) is 0 Å². The van der Waals surface area contributed by atoms with Gasteiger partial charge in [0.25, 0.3) is 11.1 Å². The van der Waals surface area contributed by atoms with E-state index in [-0.39, 0.29) is 27.9 Å². The number of furan rings is 1. The van der Waals surface area contributed by atoms with Crippen LogP contribution in [0.1, 0.15) is 5.76 Å². The SMILES string of the molecule is O=C1NC(=O)/C(=C\c2cc3cncc(-c4ccc(S(=O)(=O)N5CCOCC5)cc4Cl)c3o2)S1. The number of morpholine rings is 1. The van der Waals surface area contributed by atoms with Gasteiger partial charge in [-0.25, -0.2) is 8.42 Å². The highest BCUT2D eigenvalue weighted by atomic mass is 35.5. The van der Waals surface area contributed by atoms with Gasteiger partial charge in [-0.1, -0.05) is 17.7 Å². The van der Waals surface area contributed by atoms with Crippen LogP contribution in [-0.2, 0) is 19.6 Å². The summed E-state index contributed by atoms with van der Waals surface area (Å²) < 4.78 is 38.4. The number of sulfonamides is 1. The van der Waals surface area contributed by atoms with Crippen LogP contribution in [0.25, 0.3) is 28.2 Å². The highest BCUT2D eigenvalue weighted by Gasteiger charge is 2.28. The maximum atomic E-state index is 12.9. The van der Waals surface area contributed by atoms with E-state index in [1.165, 1.54) is 22.5 Å². The van der Waals surface area contributed by atoms with Gasteiger partial charge in [0.2, 0.25) is 10.0 Å². The Morgan fingerprint density at radius 3 is 2.61 bits per heavy atom. The second kappa shape index (κ2) is 8.58. The van der Waals surface area contributed by atoms with E-state index >= 15 is 0 Å². The van der Waals surface area contributed by atoms with E-state index in [9.17, 15) is 18.0 Å². The van der Waals surface area contributed by atoms with Crippen molar-refractivity contribution in [2.24, 2.45) is 0 Å². The van der Waals surface area contributed by atoms with Crippen LogP contribution < -0.4 is 5.32 Å². The highest BCUT2D eigenvalue weighted by Crippen LogP contribution is 2.37. The Morgan fingerprint density at radius 1 is 1.12 bits per heavy atom. The molecular formula is C21H16ClN3O6S2. The molecule has 2 saturated heterocycles. The molecule has 9 nitrogen and oxygen atoms in total. The first-order valence-electron chi connectivity index (χ1n) is 9.83. The lowest BCUT2D eigenvalue weighted by molar-refractivity contribution is -0.115. The third kappa shape index (κ3) is 4.18.